The molecule has 1 atom stereocenters. The Kier molecular flexibility index (Phi) is 7.71. The zero-order valence-electron chi connectivity index (χ0n) is 19.0. The van der Waals surface area contributed by atoms with E-state index in [4.69, 9.17) is 0 Å². The minimum atomic E-state index is -0.225. The first-order chi connectivity index (χ1) is 15.6. The van der Waals surface area contributed by atoms with Crippen molar-refractivity contribution >= 4 is 11.7 Å². The molecule has 1 unspecified atom stereocenters. The number of halogens is 1. The maximum atomic E-state index is 13.7. The van der Waals surface area contributed by atoms with Gasteiger partial charge in [-0.05, 0) is 61.6 Å². The van der Waals surface area contributed by atoms with E-state index in [9.17, 15) is 9.18 Å². The van der Waals surface area contributed by atoms with Crippen molar-refractivity contribution < 1.29 is 9.18 Å². The van der Waals surface area contributed by atoms with E-state index in [2.05, 4.69) is 31.1 Å². The summed E-state index contributed by atoms with van der Waals surface area (Å²) in [5.74, 6) is 1.45. The number of piperidine rings is 1. The standard InChI is InChI=1S/C25H34FN5O/c1-20-7-8-21(15-23(20)26)16-28-25(32)19-30-10-4-5-22(18-30)17-29-11-13-31(14-12-29)24-6-2-3-9-27-24/h2-3,6-9,15,22H,4-5,10-14,16-19H2,1H3,(H,28,32). The summed E-state index contributed by atoms with van der Waals surface area (Å²) < 4.78 is 13.7. The van der Waals surface area contributed by atoms with E-state index >= 15 is 0 Å². The normalized spacial score (nSPS) is 20.3. The Morgan fingerprint density at radius 3 is 2.72 bits per heavy atom. The van der Waals surface area contributed by atoms with Crippen LogP contribution in [0.2, 0.25) is 0 Å². The van der Waals surface area contributed by atoms with Crippen LogP contribution in [0.4, 0.5) is 10.2 Å². The molecule has 0 radical (unpaired) electrons. The Morgan fingerprint density at radius 2 is 1.97 bits per heavy atom. The number of aromatic nitrogens is 1. The SMILES string of the molecule is Cc1ccc(CNC(=O)CN2CCCC(CN3CCN(c4ccccn4)CC3)C2)cc1F. The molecule has 2 aromatic rings. The van der Waals surface area contributed by atoms with Crippen LogP contribution in [0.5, 0.6) is 0 Å². The van der Waals surface area contributed by atoms with Gasteiger partial charge < -0.3 is 10.2 Å². The van der Waals surface area contributed by atoms with Crippen molar-refractivity contribution in [2.75, 3.05) is 57.3 Å². The summed E-state index contributed by atoms with van der Waals surface area (Å²) in [5.41, 5.74) is 1.42. The number of amides is 1. The summed E-state index contributed by atoms with van der Waals surface area (Å²) in [6.07, 6.45) is 4.21. The van der Waals surface area contributed by atoms with E-state index in [1.807, 2.05) is 24.4 Å². The quantitative estimate of drug-likeness (QED) is 0.719. The van der Waals surface area contributed by atoms with Crippen LogP contribution in [-0.4, -0.2) is 73.0 Å². The van der Waals surface area contributed by atoms with Crippen LogP contribution in [0, 0.1) is 18.7 Å². The third-order valence-electron chi connectivity index (χ3n) is 6.56. The van der Waals surface area contributed by atoms with Gasteiger partial charge in [-0.15, -0.1) is 0 Å². The maximum absolute atomic E-state index is 13.7. The summed E-state index contributed by atoms with van der Waals surface area (Å²) in [5, 5.41) is 2.94. The number of benzene rings is 1. The van der Waals surface area contributed by atoms with Gasteiger partial charge >= 0.3 is 0 Å². The van der Waals surface area contributed by atoms with Gasteiger partial charge in [0, 0.05) is 52.0 Å². The molecule has 172 valence electrons. The molecule has 32 heavy (non-hydrogen) atoms. The van der Waals surface area contributed by atoms with Crippen LogP contribution < -0.4 is 10.2 Å². The molecule has 0 spiro atoms. The number of anilines is 1. The van der Waals surface area contributed by atoms with Gasteiger partial charge in [-0.3, -0.25) is 14.6 Å². The van der Waals surface area contributed by atoms with Gasteiger partial charge in [0.25, 0.3) is 0 Å². The summed E-state index contributed by atoms with van der Waals surface area (Å²) >= 11 is 0. The van der Waals surface area contributed by atoms with Crippen LogP contribution in [0.3, 0.4) is 0 Å². The lowest BCUT2D eigenvalue weighted by atomic mass is 9.97. The number of piperazine rings is 1. The van der Waals surface area contributed by atoms with Crippen molar-refractivity contribution in [3.63, 3.8) is 0 Å². The molecule has 1 amide bonds. The third kappa shape index (κ3) is 6.26. The molecule has 2 fully saturated rings. The minimum absolute atomic E-state index is 0.00982. The molecule has 0 aliphatic carbocycles. The monoisotopic (exact) mass is 439 g/mol. The predicted molar refractivity (Wildman–Crippen MR) is 125 cm³/mol. The first-order valence-corrected chi connectivity index (χ1v) is 11.7. The highest BCUT2D eigenvalue weighted by Gasteiger charge is 2.25. The van der Waals surface area contributed by atoms with Crippen molar-refractivity contribution in [3.05, 3.63) is 59.5 Å². The number of aryl methyl sites for hydroxylation is 1. The fourth-order valence-electron chi connectivity index (χ4n) is 4.72. The third-order valence-corrected chi connectivity index (χ3v) is 6.56. The molecule has 2 aliphatic heterocycles. The minimum Gasteiger partial charge on any atom is -0.354 e. The summed E-state index contributed by atoms with van der Waals surface area (Å²) in [7, 11) is 0. The van der Waals surface area contributed by atoms with Crippen LogP contribution in [-0.2, 0) is 11.3 Å². The number of hydrogen-bond acceptors (Lipinski definition) is 5. The Labute approximate surface area is 190 Å². The van der Waals surface area contributed by atoms with Gasteiger partial charge in [-0.1, -0.05) is 18.2 Å². The average molecular weight is 440 g/mol. The average Bonchev–Trinajstić information content (AvgIpc) is 2.81. The second kappa shape index (κ2) is 10.9. The first-order valence-electron chi connectivity index (χ1n) is 11.7. The number of carbonyl (C=O) groups excluding carboxylic acids is 1. The molecule has 3 heterocycles. The smallest absolute Gasteiger partial charge is 0.234 e. The van der Waals surface area contributed by atoms with E-state index in [1.54, 1.807) is 13.0 Å². The van der Waals surface area contributed by atoms with Gasteiger partial charge in [0.1, 0.15) is 11.6 Å². The number of likely N-dealkylation sites (tertiary alicyclic amines) is 1. The molecule has 1 aromatic carbocycles. The summed E-state index contributed by atoms with van der Waals surface area (Å²) in [6.45, 7) is 9.68. The van der Waals surface area contributed by atoms with Gasteiger partial charge in [0.05, 0.1) is 6.54 Å². The zero-order valence-corrected chi connectivity index (χ0v) is 19.0. The van der Waals surface area contributed by atoms with E-state index < -0.39 is 0 Å². The number of rotatable bonds is 7. The van der Waals surface area contributed by atoms with Crippen molar-refractivity contribution in [1.82, 2.24) is 20.1 Å². The number of pyridine rings is 1. The molecular weight excluding hydrogens is 405 g/mol. The lowest BCUT2D eigenvalue weighted by Crippen LogP contribution is -2.50. The molecule has 7 heteroatoms. The molecule has 2 saturated heterocycles. The molecule has 1 aromatic heterocycles. The number of nitrogens with zero attached hydrogens (tertiary/aromatic N) is 4. The van der Waals surface area contributed by atoms with Crippen LogP contribution in [0.15, 0.2) is 42.6 Å². The topological polar surface area (TPSA) is 51.7 Å². The van der Waals surface area contributed by atoms with Crippen molar-refractivity contribution in [1.29, 1.82) is 0 Å². The lowest BCUT2D eigenvalue weighted by Gasteiger charge is -2.39. The van der Waals surface area contributed by atoms with E-state index in [1.165, 1.54) is 12.5 Å². The first kappa shape index (κ1) is 22.7. The van der Waals surface area contributed by atoms with E-state index in [-0.39, 0.29) is 11.7 Å². The molecule has 0 saturated carbocycles. The molecule has 1 N–H and O–H groups in total. The fourth-order valence-corrected chi connectivity index (χ4v) is 4.72. The number of hydrogen-bond donors (Lipinski definition) is 1. The predicted octanol–water partition coefficient (Wildman–Crippen LogP) is 2.68. The van der Waals surface area contributed by atoms with Crippen molar-refractivity contribution in [2.24, 2.45) is 5.92 Å². The van der Waals surface area contributed by atoms with Crippen molar-refractivity contribution in [2.45, 2.75) is 26.3 Å². The summed E-state index contributed by atoms with van der Waals surface area (Å²) in [4.78, 5) is 24.1. The second-order valence-corrected chi connectivity index (χ2v) is 9.08. The van der Waals surface area contributed by atoms with Crippen LogP contribution in [0.1, 0.15) is 24.0 Å². The molecular formula is C25H34FN5O. The molecule has 0 bridgehead atoms. The highest BCUT2D eigenvalue weighted by molar-refractivity contribution is 5.78. The molecule has 6 nitrogen and oxygen atoms in total. The molecule has 4 rings (SSSR count). The highest BCUT2D eigenvalue weighted by Crippen LogP contribution is 2.19. The highest BCUT2D eigenvalue weighted by atomic mass is 19.1. The molecule has 2 aliphatic rings. The lowest BCUT2D eigenvalue weighted by molar-refractivity contribution is -0.122. The van der Waals surface area contributed by atoms with E-state index in [0.29, 0.717) is 24.6 Å². The van der Waals surface area contributed by atoms with Crippen LogP contribution >= 0.6 is 0 Å². The second-order valence-electron chi connectivity index (χ2n) is 9.08. The zero-order chi connectivity index (χ0) is 22.3. The van der Waals surface area contributed by atoms with Gasteiger partial charge in [0.2, 0.25) is 5.91 Å². The Morgan fingerprint density at radius 1 is 1.12 bits per heavy atom. The van der Waals surface area contributed by atoms with Gasteiger partial charge in [-0.25, -0.2) is 9.37 Å². The number of nitrogens with one attached hydrogen (secondary N) is 1. The van der Waals surface area contributed by atoms with Gasteiger partial charge in [0.15, 0.2) is 0 Å². The van der Waals surface area contributed by atoms with Gasteiger partial charge in [-0.2, -0.15) is 0 Å². The summed E-state index contributed by atoms with van der Waals surface area (Å²) in [6, 6.07) is 11.2. The van der Waals surface area contributed by atoms with E-state index in [0.717, 1.165) is 63.6 Å². The Balaban J connectivity index is 1.18. The number of carbonyl (C=O) groups is 1. The maximum Gasteiger partial charge on any atom is 0.234 e. The fraction of sp³-hybridized carbons (Fsp3) is 0.520. The van der Waals surface area contributed by atoms with Crippen molar-refractivity contribution in [3.8, 4) is 0 Å². The Hall–Kier alpha value is -2.51. The largest absolute Gasteiger partial charge is 0.354 e. The Bertz CT molecular complexity index is 885. The van der Waals surface area contributed by atoms with Crippen LogP contribution in [0.25, 0.3) is 0 Å².